The Balaban J connectivity index is 1.19. The third-order valence-electron chi connectivity index (χ3n) is 7.47. The number of hydrogen-bond donors (Lipinski definition) is 4. The van der Waals surface area contributed by atoms with Crippen LogP contribution in [0.1, 0.15) is 35.4 Å². The van der Waals surface area contributed by atoms with Crippen LogP contribution in [0.4, 0.5) is 26.0 Å². The summed E-state index contributed by atoms with van der Waals surface area (Å²) in [5.41, 5.74) is 12.2. The number of carbonyl (C=O) groups is 1. The molecule has 5 rings (SSSR count). The molecular formula is C26H32F2N8O3. The number of benzene rings is 1. The number of nitrogen functional groups attached to an aromatic ring is 1. The van der Waals surface area contributed by atoms with E-state index in [1.165, 1.54) is 6.20 Å². The van der Waals surface area contributed by atoms with Crippen LogP contribution in [0.5, 0.6) is 5.75 Å². The third-order valence-corrected chi connectivity index (χ3v) is 7.47. The van der Waals surface area contributed by atoms with Gasteiger partial charge in [0.05, 0.1) is 24.7 Å². The zero-order valence-electron chi connectivity index (χ0n) is 21.7. The van der Waals surface area contributed by atoms with Crippen molar-refractivity contribution >= 4 is 34.1 Å². The molecule has 0 unspecified atom stereocenters. The molecule has 2 aromatic heterocycles. The van der Waals surface area contributed by atoms with Crippen molar-refractivity contribution in [1.82, 2.24) is 19.9 Å². The van der Waals surface area contributed by atoms with Gasteiger partial charge >= 0.3 is 0 Å². The van der Waals surface area contributed by atoms with Crippen molar-refractivity contribution in [2.45, 2.75) is 37.6 Å². The van der Waals surface area contributed by atoms with Crippen LogP contribution in [-0.2, 0) is 6.42 Å². The second-order valence-corrected chi connectivity index (χ2v) is 10.0. The molecule has 11 nitrogen and oxygen atoms in total. The van der Waals surface area contributed by atoms with E-state index in [1.807, 2.05) is 23.1 Å². The number of hydrogen-bond acceptors (Lipinski definition) is 9. The first-order chi connectivity index (χ1) is 18.6. The first-order valence-corrected chi connectivity index (χ1v) is 12.9. The Kier molecular flexibility index (Phi) is 7.25. The van der Waals surface area contributed by atoms with E-state index in [0.29, 0.717) is 31.1 Å². The molecule has 39 heavy (non-hydrogen) atoms. The van der Waals surface area contributed by atoms with E-state index >= 15 is 0 Å². The molecule has 0 spiro atoms. The van der Waals surface area contributed by atoms with Crippen molar-refractivity contribution in [1.29, 1.82) is 0 Å². The third kappa shape index (κ3) is 5.58. The van der Waals surface area contributed by atoms with Crippen LogP contribution < -0.4 is 31.8 Å². The van der Waals surface area contributed by atoms with E-state index < -0.39 is 17.3 Å². The number of aromatic amines is 1. The van der Waals surface area contributed by atoms with Gasteiger partial charge in [0, 0.05) is 63.0 Å². The van der Waals surface area contributed by atoms with Crippen molar-refractivity contribution in [3.8, 4) is 5.75 Å². The molecule has 6 N–H and O–H groups in total. The normalized spacial score (nSPS) is 18.0. The summed E-state index contributed by atoms with van der Waals surface area (Å²) in [5, 5.41) is 3.46. The van der Waals surface area contributed by atoms with Gasteiger partial charge in [-0.15, -0.1) is 0 Å². The number of carbonyl (C=O) groups excluding carboxylic acids is 1. The molecule has 13 heteroatoms. The van der Waals surface area contributed by atoms with Crippen LogP contribution in [0, 0.1) is 0 Å². The van der Waals surface area contributed by atoms with E-state index in [4.69, 9.17) is 16.2 Å². The molecule has 0 aliphatic carbocycles. The molecule has 2 fully saturated rings. The van der Waals surface area contributed by atoms with E-state index in [9.17, 15) is 18.4 Å². The number of pyridine rings is 1. The number of aromatic nitrogens is 3. The highest BCUT2D eigenvalue weighted by atomic mass is 19.3. The summed E-state index contributed by atoms with van der Waals surface area (Å²) in [6.07, 6.45) is 3.47. The number of methoxy groups -OCH3 is 1. The number of nitrogens with two attached hydrogens (primary N) is 2. The summed E-state index contributed by atoms with van der Waals surface area (Å²) >= 11 is 0. The van der Waals surface area contributed by atoms with Gasteiger partial charge in [-0.25, -0.2) is 18.7 Å². The summed E-state index contributed by atoms with van der Waals surface area (Å²) in [6.45, 7) is 2.44. The van der Waals surface area contributed by atoms with Crippen LogP contribution >= 0.6 is 0 Å². The number of amides is 1. The number of nitrogens with zero attached hydrogens (tertiary/aromatic N) is 4. The lowest BCUT2D eigenvalue weighted by Crippen LogP contribution is -2.44. The second kappa shape index (κ2) is 10.6. The Morgan fingerprint density at radius 3 is 2.72 bits per heavy atom. The predicted octanol–water partition coefficient (Wildman–Crippen LogP) is 1.97. The van der Waals surface area contributed by atoms with Gasteiger partial charge in [-0.2, -0.15) is 0 Å². The van der Waals surface area contributed by atoms with Crippen LogP contribution in [-0.4, -0.2) is 77.6 Å². The predicted molar refractivity (Wildman–Crippen MR) is 145 cm³/mol. The number of nitrogens with one attached hydrogen (secondary N) is 2. The molecule has 3 aromatic rings. The van der Waals surface area contributed by atoms with Crippen molar-refractivity contribution < 1.29 is 18.3 Å². The molecule has 2 aliphatic heterocycles. The lowest BCUT2D eigenvalue weighted by Gasteiger charge is -2.38. The highest BCUT2D eigenvalue weighted by Crippen LogP contribution is 2.34. The highest BCUT2D eigenvalue weighted by Gasteiger charge is 2.41. The van der Waals surface area contributed by atoms with Gasteiger partial charge in [0.2, 0.25) is 5.43 Å². The summed E-state index contributed by atoms with van der Waals surface area (Å²) in [7, 11) is 1.61. The molecule has 4 heterocycles. The minimum Gasteiger partial charge on any atom is -0.495 e. The largest absolute Gasteiger partial charge is 0.495 e. The lowest BCUT2D eigenvalue weighted by molar-refractivity contribution is 0.00628. The maximum absolute atomic E-state index is 13.6. The van der Waals surface area contributed by atoms with Crippen LogP contribution in [0.2, 0.25) is 0 Å². The number of fused-ring (bicyclic) bond motifs is 1. The minimum atomic E-state index is -2.56. The fourth-order valence-corrected chi connectivity index (χ4v) is 5.39. The Bertz CT molecular complexity index is 1440. The molecule has 0 bridgehead atoms. The molecule has 1 aromatic carbocycles. The number of likely N-dealkylation sites (tertiary alicyclic amines) is 1. The maximum Gasteiger partial charge on any atom is 0.261 e. The van der Waals surface area contributed by atoms with Crippen LogP contribution in [0.3, 0.4) is 0 Å². The molecular weight excluding hydrogens is 510 g/mol. The molecule has 2 saturated heterocycles. The number of anilines is 3. The maximum atomic E-state index is 13.6. The smallest absolute Gasteiger partial charge is 0.261 e. The van der Waals surface area contributed by atoms with Crippen molar-refractivity contribution in [2.75, 3.05) is 55.8 Å². The Morgan fingerprint density at radius 2 is 2.05 bits per heavy atom. The standard InChI is InChI=1S/C26H32F2N8O3/c1-39-19-12-16(35-9-5-15(6-10-35)36-11-7-26(27,28)14-36)2-3-18(19)31-8-4-20-32-13-17-22(37)21(24(30)38)23(29)34-25(17)33-20/h2-3,12-13,15,31H,4-11,14H2,1H3,(H2,30,38)(H3,29,32,33,34,37). The molecule has 0 atom stereocenters. The summed E-state index contributed by atoms with van der Waals surface area (Å²) in [4.78, 5) is 39.5. The number of halogens is 2. The Hall–Kier alpha value is -4.00. The highest BCUT2D eigenvalue weighted by molar-refractivity contribution is 6.00. The van der Waals surface area contributed by atoms with E-state index in [0.717, 1.165) is 37.3 Å². The van der Waals surface area contributed by atoms with E-state index in [-0.39, 0.29) is 41.4 Å². The van der Waals surface area contributed by atoms with Crippen LogP contribution in [0.25, 0.3) is 11.0 Å². The van der Waals surface area contributed by atoms with Gasteiger partial charge in [0.1, 0.15) is 28.6 Å². The quantitative estimate of drug-likeness (QED) is 0.334. The number of piperidine rings is 1. The molecule has 2 aliphatic rings. The number of rotatable bonds is 8. The number of primary amides is 1. The summed E-state index contributed by atoms with van der Waals surface area (Å²) in [6, 6.07) is 6.15. The lowest BCUT2D eigenvalue weighted by atomic mass is 10.0. The van der Waals surface area contributed by atoms with Gasteiger partial charge in [-0.1, -0.05) is 0 Å². The van der Waals surface area contributed by atoms with Crippen molar-refractivity contribution in [2.24, 2.45) is 5.73 Å². The average molecular weight is 543 g/mol. The molecule has 1 amide bonds. The van der Waals surface area contributed by atoms with Gasteiger partial charge in [-0.3, -0.25) is 14.5 Å². The number of alkyl halides is 2. The topological polar surface area (TPSA) is 155 Å². The Morgan fingerprint density at radius 1 is 1.28 bits per heavy atom. The summed E-state index contributed by atoms with van der Waals surface area (Å²) in [5.74, 6) is -2.44. The van der Waals surface area contributed by atoms with Crippen molar-refractivity contribution in [3.63, 3.8) is 0 Å². The second-order valence-electron chi connectivity index (χ2n) is 10.0. The fraction of sp³-hybridized carbons (Fsp3) is 0.462. The number of ether oxygens (including phenoxy) is 1. The minimum absolute atomic E-state index is 0.0438. The SMILES string of the molecule is COc1cc(N2CCC(N3CCC(F)(F)C3)CC2)ccc1NCCc1ncc2c(=O)c(C(N)=O)c(N)[nH]c2n1. The van der Waals surface area contributed by atoms with Crippen LogP contribution in [0.15, 0.2) is 29.2 Å². The fourth-order valence-electron chi connectivity index (χ4n) is 5.39. The summed E-state index contributed by atoms with van der Waals surface area (Å²) < 4.78 is 32.8. The Labute approximate surface area is 223 Å². The average Bonchev–Trinajstić information content (AvgIpc) is 3.28. The first kappa shape index (κ1) is 26.6. The molecule has 0 radical (unpaired) electrons. The molecule has 0 saturated carbocycles. The van der Waals surface area contributed by atoms with E-state index in [1.54, 1.807) is 7.11 Å². The molecule has 208 valence electrons. The zero-order chi connectivity index (χ0) is 27.7. The van der Waals surface area contributed by atoms with Gasteiger partial charge < -0.3 is 31.4 Å². The van der Waals surface area contributed by atoms with Gasteiger partial charge in [-0.05, 0) is 25.0 Å². The van der Waals surface area contributed by atoms with Gasteiger partial charge in [0.15, 0.2) is 0 Å². The number of H-pyrrole nitrogens is 1. The van der Waals surface area contributed by atoms with E-state index in [2.05, 4.69) is 25.2 Å². The monoisotopic (exact) mass is 542 g/mol. The van der Waals surface area contributed by atoms with Gasteiger partial charge in [0.25, 0.3) is 11.8 Å². The first-order valence-electron chi connectivity index (χ1n) is 12.9. The zero-order valence-corrected chi connectivity index (χ0v) is 21.7. The van der Waals surface area contributed by atoms with Crippen molar-refractivity contribution in [3.05, 3.63) is 46.0 Å².